The van der Waals surface area contributed by atoms with Crippen LogP contribution in [0.4, 0.5) is 0 Å². The summed E-state index contributed by atoms with van der Waals surface area (Å²) in [4.78, 5) is 0. The molecule has 0 saturated heterocycles. The minimum atomic E-state index is -0.225. The third kappa shape index (κ3) is 3.90. The fraction of sp³-hybridized carbons (Fsp3) is 0.500. The predicted molar refractivity (Wildman–Crippen MR) is 108 cm³/mol. The number of rotatable bonds is 2. The first-order valence-corrected chi connectivity index (χ1v) is 9.37. The Hall–Kier alpha value is -1.96. The SMILES string of the molecule is Cc1cc(C(C)c2cc(C)cc(C(C)(C)C)c2[O])c([O])c(C(C)(C)C)c1. The number of aryl methyl sites for hydroxylation is 2. The van der Waals surface area contributed by atoms with Crippen LogP contribution in [0.5, 0.6) is 11.5 Å². The molecule has 140 valence electrons. The first-order chi connectivity index (χ1) is 11.7. The van der Waals surface area contributed by atoms with Crippen molar-refractivity contribution in [1.82, 2.24) is 0 Å². The van der Waals surface area contributed by atoms with Crippen molar-refractivity contribution in [3.8, 4) is 11.5 Å². The molecule has 26 heavy (non-hydrogen) atoms. The van der Waals surface area contributed by atoms with Crippen molar-refractivity contribution in [2.75, 3.05) is 0 Å². The minimum absolute atomic E-state index is 0.0637. The quantitative estimate of drug-likeness (QED) is 0.542. The van der Waals surface area contributed by atoms with Crippen molar-refractivity contribution in [1.29, 1.82) is 0 Å². The maximum atomic E-state index is 13.2. The molecule has 0 amide bonds. The summed E-state index contributed by atoms with van der Waals surface area (Å²) in [5.41, 5.74) is 4.75. The minimum Gasteiger partial charge on any atom is -0.289 e. The Bertz CT molecular complexity index is 748. The molecule has 0 aromatic heterocycles. The van der Waals surface area contributed by atoms with E-state index in [0.29, 0.717) is 0 Å². The van der Waals surface area contributed by atoms with Gasteiger partial charge in [0.1, 0.15) is 0 Å². The van der Waals surface area contributed by atoms with Crippen LogP contribution in [0, 0.1) is 13.8 Å². The molecule has 0 N–H and O–H groups in total. The smallest absolute Gasteiger partial charge is 0.186 e. The van der Waals surface area contributed by atoms with Gasteiger partial charge >= 0.3 is 0 Å². The number of hydrogen-bond donors (Lipinski definition) is 0. The van der Waals surface area contributed by atoms with E-state index in [4.69, 9.17) is 0 Å². The Morgan fingerprint density at radius 1 is 0.654 bits per heavy atom. The number of hydrogen-bond acceptors (Lipinski definition) is 0. The largest absolute Gasteiger partial charge is 0.289 e. The van der Waals surface area contributed by atoms with Crippen LogP contribution in [-0.4, -0.2) is 0 Å². The van der Waals surface area contributed by atoms with E-state index in [1.807, 2.05) is 45.0 Å². The Morgan fingerprint density at radius 2 is 0.962 bits per heavy atom. The molecule has 0 fully saturated rings. The van der Waals surface area contributed by atoms with Gasteiger partial charge in [-0.2, -0.15) is 0 Å². The van der Waals surface area contributed by atoms with E-state index in [2.05, 4.69) is 41.5 Å². The lowest BCUT2D eigenvalue weighted by Crippen LogP contribution is -2.14. The predicted octanol–water partition coefficient (Wildman–Crippen LogP) is 7.34. The van der Waals surface area contributed by atoms with Gasteiger partial charge in [-0.3, -0.25) is 10.2 Å². The number of benzene rings is 2. The zero-order chi connectivity index (χ0) is 20.0. The summed E-state index contributed by atoms with van der Waals surface area (Å²) in [6.07, 6.45) is 0. The van der Waals surface area contributed by atoms with Crippen molar-refractivity contribution in [2.45, 2.75) is 79.1 Å². The Balaban J connectivity index is 2.70. The van der Waals surface area contributed by atoms with Crippen molar-refractivity contribution in [2.24, 2.45) is 0 Å². The maximum Gasteiger partial charge on any atom is 0.186 e. The van der Waals surface area contributed by atoms with Crippen molar-refractivity contribution >= 4 is 0 Å². The van der Waals surface area contributed by atoms with Crippen LogP contribution in [0.1, 0.15) is 87.8 Å². The van der Waals surface area contributed by atoms with Gasteiger partial charge in [0, 0.05) is 28.2 Å². The Kier molecular flexibility index (Phi) is 5.20. The van der Waals surface area contributed by atoms with E-state index in [0.717, 1.165) is 33.4 Å². The first kappa shape index (κ1) is 20.4. The highest BCUT2D eigenvalue weighted by atomic mass is 16.3. The van der Waals surface area contributed by atoms with Gasteiger partial charge in [0.05, 0.1) is 0 Å². The molecule has 2 rings (SSSR count). The van der Waals surface area contributed by atoms with Gasteiger partial charge in [0.25, 0.3) is 0 Å². The highest BCUT2D eigenvalue weighted by molar-refractivity contribution is 5.55. The molecule has 0 aliphatic heterocycles. The van der Waals surface area contributed by atoms with Crippen LogP contribution in [-0.2, 0) is 21.0 Å². The van der Waals surface area contributed by atoms with Gasteiger partial charge in [0.2, 0.25) is 0 Å². The van der Waals surface area contributed by atoms with Gasteiger partial charge in [-0.25, -0.2) is 0 Å². The van der Waals surface area contributed by atoms with E-state index in [1.54, 1.807) is 0 Å². The van der Waals surface area contributed by atoms with Gasteiger partial charge in [-0.05, 0) is 24.7 Å². The van der Waals surface area contributed by atoms with E-state index < -0.39 is 0 Å². The summed E-state index contributed by atoms with van der Waals surface area (Å²) in [6, 6.07) is 7.85. The molecule has 2 nitrogen and oxygen atoms in total. The second kappa shape index (κ2) is 6.64. The molecule has 0 heterocycles. The molecule has 0 spiro atoms. The summed E-state index contributed by atoms with van der Waals surface area (Å²) in [5.74, 6) is -0.0976. The van der Waals surface area contributed by atoms with Gasteiger partial charge in [-0.15, -0.1) is 0 Å². The van der Waals surface area contributed by atoms with Crippen molar-refractivity contribution < 1.29 is 10.2 Å². The summed E-state index contributed by atoms with van der Waals surface area (Å²) in [5, 5.41) is 26.3. The van der Waals surface area contributed by atoms with Crippen molar-refractivity contribution in [3.63, 3.8) is 0 Å². The van der Waals surface area contributed by atoms with E-state index in [9.17, 15) is 10.2 Å². The third-order valence-corrected chi connectivity index (χ3v) is 5.07. The molecule has 0 aliphatic rings. The highest BCUT2D eigenvalue weighted by Gasteiger charge is 2.29. The maximum absolute atomic E-state index is 13.2. The molecule has 2 radical (unpaired) electrons. The van der Waals surface area contributed by atoms with Gasteiger partial charge in [-0.1, -0.05) is 83.9 Å². The lowest BCUT2D eigenvalue weighted by Gasteiger charge is -2.26. The van der Waals surface area contributed by atoms with Crippen LogP contribution < -0.4 is 0 Å². The first-order valence-electron chi connectivity index (χ1n) is 9.37. The third-order valence-electron chi connectivity index (χ3n) is 5.07. The fourth-order valence-electron chi connectivity index (χ4n) is 3.53. The summed E-state index contributed by atoms with van der Waals surface area (Å²) in [6.45, 7) is 18.3. The molecule has 0 atom stereocenters. The van der Waals surface area contributed by atoms with Crippen LogP contribution in [0.25, 0.3) is 0 Å². The van der Waals surface area contributed by atoms with Crippen LogP contribution >= 0.6 is 0 Å². The molecular weight excluding hydrogens is 320 g/mol. The monoisotopic (exact) mass is 352 g/mol. The summed E-state index contributed by atoms with van der Waals surface area (Å²) < 4.78 is 0. The van der Waals surface area contributed by atoms with E-state index in [-0.39, 0.29) is 28.2 Å². The molecule has 0 unspecified atom stereocenters. The van der Waals surface area contributed by atoms with Gasteiger partial charge < -0.3 is 0 Å². The Labute approximate surface area is 158 Å². The van der Waals surface area contributed by atoms with Crippen LogP contribution in [0.2, 0.25) is 0 Å². The molecule has 0 saturated carbocycles. The molecular formula is C24H32O2. The normalized spacial score (nSPS) is 12.7. The fourth-order valence-corrected chi connectivity index (χ4v) is 3.53. The summed E-state index contributed by atoms with van der Waals surface area (Å²) in [7, 11) is 0. The molecule has 0 bridgehead atoms. The van der Waals surface area contributed by atoms with Crippen molar-refractivity contribution in [3.05, 3.63) is 57.6 Å². The van der Waals surface area contributed by atoms with E-state index in [1.165, 1.54) is 0 Å². The zero-order valence-corrected chi connectivity index (χ0v) is 17.7. The molecule has 0 aliphatic carbocycles. The van der Waals surface area contributed by atoms with Gasteiger partial charge in [0.15, 0.2) is 11.5 Å². The molecule has 2 aromatic rings. The van der Waals surface area contributed by atoms with Crippen LogP contribution in [0.3, 0.4) is 0 Å². The topological polar surface area (TPSA) is 39.8 Å². The lowest BCUT2D eigenvalue weighted by atomic mass is 9.79. The molecule has 2 aromatic carbocycles. The average molecular weight is 353 g/mol. The average Bonchev–Trinajstić information content (AvgIpc) is 2.48. The zero-order valence-electron chi connectivity index (χ0n) is 17.7. The highest BCUT2D eigenvalue weighted by Crippen LogP contribution is 2.44. The second-order valence-corrected chi connectivity index (χ2v) is 9.68. The van der Waals surface area contributed by atoms with E-state index >= 15 is 0 Å². The lowest BCUT2D eigenvalue weighted by molar-refractivity contribution is 0.328. The summed E-state index contributed by atoms with van der Waals surface area (Å²) >= 11 is 0. The standard InChI is InChI=1S/C24H32O2/c1-14-10-17(21(25)19(12-14)23(4,5)6)16(3)18-11-15(2)13-20(22(18)26)24(7,8)9/h10-13,16H,1-9H3. The Morgan fingerprint density at radius 3 is 1.23 bits per heavy atom. The second-order valence-electron chi connectivity index (χ2n) is 9.68. The van der Waals surface area contributed by atoms with Crippen LogP contribution in [0.15, 0.2) is 24.3 Å². The molecule has 2 heteroatoms.